The lowest BCUT2D eigenvalue weighted by atomic mass is 10.1. The lowest BCUT2D eigenvalue weighted by Crippen LogP contribution is -2.36. The van der Waals surface area contributed by atoms with Gasteiger partial charge in [-0.2, -0.15) is 0 Å². The summed E-state index contributed by atoms with van der Waals surface area (Å²) in [7, 11) is 3.36. The molecule has 1 heterocycles. The van der Waals surface area contributed by atoms with Crippen LogP contribution in [-0.4, -0.2) is 29.7 Å². The van der Waals surface area contributed by atoms with Gasteiger partial charge in [0.05, 0.1) is 12.8 Å². The summed E-state index contributed by atoms with van der Waals surface area (Å²) in [4.78, 5) is 8.37. The zero-order valence-electron chi connectivity index (χ0n) is 17.2. The van der Waals surface area contributed by atoms with Crippen LogP contribution in [0.2, 0.25) is 0 Å². The molecule has 2 aromatic carbocycles. The lowest BCUT2D eigenvalue weighted by Gasteiger charge is -2.15. The molecule has 0 saturated heterocycles. The van der Waals surface area contributed by atoms with Gasteiger partial charge in [-0.15, -0.1) is 0 Å². The van der Waals surface area contributed by atoms with Gasteiger partial charge in [0.1, 0.15) is 17.4 Å². The first-order chi connectivity index (χ1) is 14.0. The monoisotopic (exact) mass is 395 g/mol. The molecule has 0 aliphatic carbocycles. The van der Waals surface area contributed by atoms with Gasteiger partial charge in [0, 0.05) is 38.1 Å². The third kappa shape index (κ3) is 4.93. The van der Waals surface area contributed by atoms with E-state index in [1.54, 1.807) is 37.2 Å². The number of aromatic nitrogens is 2. The second kappa shape index (κ2) is 9.23. The van der Waals surface area contributed by atoms with Crippen molar-refractivity contribution < 1.29 is 9.13 Å². The fourth-order valence-corrected chi connectivity index (χ4v) is 3.07. The van der Waals surface area contributed by atoms with Crippen molar-refractivity contribution in [3.63, 3.8) is 0 Å². The van der Waals surface area contributed by atoms with Crippen LogP contribution in [-0.2, 0) is 13.1 Å². The molecule has 0 unspecified atom stereocenters. The number of benzene rings is 2. The average molecular weight is 395 g/mol. The van der Waals surface area contributed by atoms with Crippen LogP contribution in [0.25, 0.3) is 5.69 Å². The predicted molar refractivity (Wildman–Crippen MR) is 113 cm³/mol. The second-order valence-corrected chi connectivity index (χ2v) is 6.72. The normalized spacial score (nSPS) is 11.4. The van der Waals surface area contributed by atoms with Gasteiger partial charge >= 0.3 is 0 Å². The van der Waals surface area contributed by atoms with Crippen molar-refractivity contribution in [1.29, 1.82) is 0 Å². The Morgan fingerprint density at radius 1 is 1.14 bits per heavy atom. The smallest absolute Gasteiger partial charge is 0.191 e. The molecule has 0 amide bonds. The minimum Gasteiger partial charge on any atom is -0.496 e. The number of nitrogens with zero attached hydrogens (tertiary/aromatic N) is 3. The van der Waals surface area contributed by atoms with Crippen LogP contribution < -0.4 is 15.4 Å². The van der Waals surface area contributed by atoms with Crippen molar-refractivity contribution in [2.75, 3.05) is 14.2 Å². The predicted octanol–water partition coefficient (Wildman–Crippen LogP) is 3.50. The molecule has 0 spiro atoms. The Balaban J connectivity index is 1.61. The van der Waals surface area contributed by atoms with Crippen LogP contribution in [0.3, 0.4) is 0 Å². The van der Waals surface area contributed by atoms with Crippen molar-refractivity contribution in [2.45, 2.75) is 26.9 Å². The Hall–Kier alpha value is -3.35. The van der Waals surface area contributed by atoms with Crippen LogP contribution in [0.4, 0.5) is 4.39 Å². The highest BCUT2D eigenvalue weighted by Crippen LogP contribution is 2.20. The topological polar surface area (TPSA) is 63.5 Å². The van der Waals surface area contributed by atoms with Crippen LogP contribution in [0.5, 0.6) is 5.75 Å². The number of hydrogen-bond acceptors (Lipinski definition) is 3. The first kappa shape index (κ1) is 20.4. The van der Waals surface area contributed by atoms with Gasteiger partial charge < -0.3 is 19.9 Å². The van der Waals surface area contributed by atoms with E-state index in [1.165, 1.54) is 6.07 Å². The van der Waals surface area contributed by atoms with E-state index < -0.39 is 0 Å². The summed E-state index contributed by atoms with van der Waals surface area (Å²) in [6, 6.07) is 11.2. The SMILES string of the molecule is CN=C(NCc1ccc(-n2ccnc2C)c(F)c1)NCc1ccc(C)cc1OC. The van der Waals surface area contributed by atoms with Crippen LogP contribution in [0, 0.1) is 19.7 Å². The van der Waals surface area contributed by atoms with Crippen LogP contribution in [0.1, 0.15) is 22.5 Å². The molecule has 3 aromatic rings. The Labute approximate surface area is 170 Å². The van der Waals surface area contributed by atoms with Crippen LogP contribution >= 0.6 is 0 Å². The van der Waals surface area contributed by atoms with Gasteiger partial charge in [-0.3, -0.25) is 4.99 Å². The summed E-state index contributed by atoms with van der Waals surface area (Å²) in [6.07, 6.45) is 3.40. The highest BCUT2D eigenvalue weighted by atomic mass is 19.1. The maximum atomic E-state index is 14.5. The number of ether oxygens (including phenoxy) is 1. The number of imidazole rings is 1. The lowest BCUT2D eigenvalue weighted by molar-refractivity contribution is 0.408. The van der Waals surface area contributed by atoms with Crippen LogP contribution in [0.15, 0.2) is 53.8 Å². The molecular formula is C22H26FN5O. The van der Waals surface area contributed by atoms with Gasteiger partial charge in [0.15, 0.2) is 5.96 Å². The highest BCUT2D eigenvalue weighted by molar-refractivity contribution is 5.79. The van der Waals surface area contributed by atoms with E-state index in [0.29, 0.717) is 24.7 Å². The molecule has 2 N–H and O–H groups in total. The number of methoxy groups -OCH3 is 1. The summed E-state index contributed by atoms with van der Waals surface area (Å²) < 4.78 is 21.7. The van der Waals surface area contributed by atoms with E-state index in [9.17, 15) is 4.39 Å². The highest BCUT2D eigenvalue weighted by Gasteiger charge is 2.09. The number of aryl methyl sites for hydroxylation is 2. The number of nitrogens with one attached hydrogen (secondary N) is 2. The standard InChI is InChI=1S/C22H26FN5O/c1-15-5-7-18(21(11-15)29-4)14-27-22(24-3)26-13-17-6-8-20(19(23)12-17)28-10-9-25-16(28)2/h5-12H,13-14H2,1-4H3,(H2,24,26,27). The average Bonchev–Trinajstić information content (AvgIpc) is 3.14. The van der Waals surface area contributed by atoms with E-state index in [1.807, 2.05) is 38.1 Å². The maximum absolute atomic E-state index is 14.5. The van der Waals surface area contributed by atoms with Gasteiger partial charge in [-0.25, -0.2) is 9.37 Å². The summed E-state index contributed by atoms with van der Waals surface area (Å²) in [5.41, 5.74) is 3.48. The molecule has 0 saturated carbocycles. The van der Waals surface area contributed by atoms with E-state index >= 15 is 0 Å². The van der Waals surface area contributed by atoms with Gasteiger partial charge in [0.25, 0.3) is 0 Å². The summed E-state index contributed by atoms with van der Waals surface area (Å²) in [5.74, 6) is 1.91. The molecule has 0 aliphatic rings. The number of guanidine groups is 1. The molecule has 0 aliphatic heterocycles. The fraction of sp³-hybridized carbons (Fsp3) is 0.273. The first-order valence-electron chi connectivity index (χ1n) is 9.38. The van der Waals surface area contributed by atoms with E-state index in [2.05, 4.69) is 20.6 Å². The van der Waals surface area contributed by atoms with Crippen molar-refractivity contribution >= 4 is 5.96 Å². The maximum Gasteiger partial charge on any atom is 0.191 e. The van der Waals surface area contributed by atoms with E-state index in [-0.39, 0.29) is 5.82 Å². The minimum atomic E-state index is -0.294. The molecule has 6 nitrogen and oxygen atoms in total. The quantitative estimate of drug-likeness (QED) is 0.495. The molecule has 152 valence electrons. The molecule has 29 heavy (non-hydrogen) atoms. The van der Waals surface area contributed by atoms with E-state index in [4.69, 9.17) is 4.74 Å². The number of aliphatic imine (C=N–C) groups is 1. The minimum absolute atomic E-state index is 0.294. The third-order valence-electron chi connectivity index (χ3n) is 4.67. The van der Waals surface area contributed by atoms with Gasteiger partial charge in [-0.05, 0) is 43.2 Å². The van der Waals surface area contributed by atoms with Crippen molar-refractivity contribution in [1.82, 2.24) is 20.2 Å². The Bertz CT molecular complexity index is 1010. The number of halogens is 1. The van der Waals surface area contributed by atoms with Crippen molar-refractivity contribution in [3.05, 3.63) is 77.1 Å². The summed E-state index contributed by atoms with van der Waals surface area (Å²) in [6.45, 7) is 4.88. The molecule has 1 aromatic heterocycles. The summed E-state index contributed by atoms with van der Waals surface area (Å²) >= 11 is 0. The number of hydrogen-bond donors (Lipinski definition) is 2. The van der Waals surface area contributed by atoms with Gasteiger partial charge in [0.2, 0.25) is 0 Å². The van der Waals surface area contributed by atoms with Crippen molar-refractivity contribution in [3.8, 4) is 11.4 Å². The Morgan fingerprint density at radius 3 is 2.59 bits per heavy atom. The third-order valence-corrected chi connectivity index (χ3v) is 4.67. The molecule has 0 bridgehead atoms. The van der Waals surface area contributed by atoms with E-state index in [0.717, 1.165) is 28.3 Å². The Morgan fingerprint density at radius 2 is 1.93 bits per heavy atom. The van der Waals surface area contributed by atoms with Gasteiger partial charge in [-0.1, -0.05) is 18.2 Å². The zero-order chi connectivity index (χ0) is 20.8. The summed E-state index contributed by atoms with van der Waals surface area (Å²) in [5, 5.41) is 6.47. The molecule has 7 heteroatoms. The van der Waals surface area contributed by atoms with Crippen molar-refractivity contribution in [2.24, 2.45) is 4.99 Å². The fourth-order valence-electron chi connectivity index (χ4n) is 3.07. The molecule has 0 fully saturated rings. The number of rotatable bonds is 6. The second-order valence-electron chi connectivity index (χ2n) is 6.72. The molecule has 3 rings (SSSR count). The molecule has 0 atom stereocenters. The Kier molecular flexibility index (Phi) is 6.49. The zero-order valence-corrected chi connectivity index (χ0v) is 17.2. The molecule has 0 radical (unpaired) electrons. The first-order valence-corrected chi connectivity index (χ1v) is 9.38. The molecular weight excluding hydrogens is 369 g/mol. The largest absolute Gasteiger partial charge is 0.496 e.